The molecule has 0 saturated heterocycles. The molecule has 0 heterocycles. The van der Waals surface area contributed by atoms with Crippen LogP contribution in [-0.2, 0) is 4.74 Å². The molecule has 4 nitrogen and oxygen atoms in total. The van der Waals surface area contributed by atoms with Crippen molar-refractivity contribution in [1.29, 1.82) is 0 Å². The molecule has 2 aromatic carbocycles. The zero-order valence-corrected chi connectivity index (χ0v) is 13.8. The molecule has 0 spiro atoms. The van der Waals surface area contributed by atoms with Gasteiger partial charge in [-0.25, -0.2) is 4.79 Å². The molecule has 0 radical (unpaired) electrons. The molecule has 1 N–H and O–H groups in total. The van der Waals surface area contributed by atoms with Crippen molar-refractivity contribution < 1.29 is 14.3 Å². The van der Waals surface area contributed by atoms with Crippen LogP contribution in [0.1, 0.15) is 38.1 Å². The predicted octanol–water partition coefficient (Wildman–Crippen LogP) is 4.90. The summed E-state index contributed by atoms with van der Waals surface area (Å²) >= 11 is 0. The van der Waals surface area contributed by atoms with Crippen LogP contribution in [0.15, 0.2) is 48.5 Å². The summed E-state index contributed by atoms with van der Waals surface area (Å²) in [6, 6.07) is 14.9. The summed E-state index contributed by atoms with van der Waals surface area (Å²) in [6.07, 6.45) is -0.476. The first-order valence-electron chi connectivity index (χ1n) is 7.46. The Labute approximate surface area is 136 Å². The van der Waals surface area contributed by atoms with E-state index >= 15 is 0 Å². The quantitative estimate of drug-likeness (QED) is 0.820. The van der Waals surface area contributed by atoms with Gasteiger partial charge >= 0.3 is 6.09 Å². The van der Waals surface area contributed by atoms with Crippen molar-refractivity contribution in [3.63, 3.8) is 0 Å². The van der Waals surface area contributed by atoms with Crippen molar-refractivity contribution in [3.05, 3.63) is 54.1 Å². The monoisotopic (exact) mass is 311 g/mol. The fourth-order valence-electron chi connectivity index (χ4n) is 2.06. The number of carbonyl (C=O) groups is 2. The Bertz CT molecular complexity index is 695. The Morgan fingerprint density at radius 2 is 1.35 bits per heavy atom. The number of amides is 1. The Hall–Kier alpha value is -2.62. The third-order valence-electron chi connectivity index (χ3n) is 3.15. The van der Waals surface area contributed by atoms with Crippen molar-refractivity contribution in [3.8, 4) is 11.1 Å². The lowest BCUT2D eigenvalue weighted by Gasteiger charge is -2.19. The van der Waals surface area contributed by atoms with Crippen LogP contribution in [0.5, 0.6) is 0 Å². The van der Waals surface area contributed by atoms with Crippen LogP contribution in [0.4, 0.5) is 10.5 Å². The van der Waals surface area contributed by atoms with Crippen LogP contribution in [-0.4, -0.2) is 17.5 Å². The van der Waals surface area contributed by atoms with Crippen LogP contribution in [0.2, 0.25) is 0 Å². The summed E-state index contributed by atoms with van der Waals surface area (Å²) in [5.74, 6) is 0.0495. The van der Waals surface area contributed by atoms with Crippen LogP contribution in [0, 0.1) is 0 Å². The summed E-state index contributed by atoms with van der Waals surface area (Å²) in [5, 5.41) is 2.70. The Kier molecular flexibility index (Phi) is 4.84. The third kappa shape index (κ3) is 4.95. The number of carbonyl (C=O) groups excluding carboxylic acids is 2. The average molecular weight is 311 g/mol. The van der Waals surface area contributed by atoms with Crippen LogP contribution < -0.4 is 5.32 Å². The standard InChI is InChI=1S/C19H21NO3/c1-13(21)14-5-7-15(8-6-14)16-9-11-17(12-10-16)20-18(22)23-19(2,3)4/h5-12H,1-4H3,(H,20,22). The van der Waals surface area contributed by atoms with Gasteiger partial charge in [-0.2, -0.15) is 0 Å². The number of ketones is 1. The van der Waals surface area contributed by atoms with Crippen LogP contribution in [0.25, 0.3) is 11.1 Å². The summed E-state index contributed by atoms with van der Waals surface area (Å²) in [6.45, 7) is 7.01. The molecule has 0 bridgehead atoms. The second kappa shape index (κ2) is 6.65. The molecule has 0 fully saturated rings. The Morgan fingerprint density at radius 3 is 1.78 bits per heavy atom. The van der Waals surface area contributed by atoms with E-state index in [-0.39, 0.29) is 5.78 Å². The van der Waals surface area contributed by atoms with Gasteiger partial charge in [0, 0.05) is 11.3 Å². The van der Waals surface area contributed by atoms with Gasteiger partial charge in [0.05, 0.1) is 0 Å². The minimum Gasteiger partial charge on any atom is -0.444 e. The van der Waals surface area contributed by atoms with Crippen molar-refractivity contribution >= 4 is 17.6 Å². The lowest BCUT2D eigenvalue weighted by molar-refractivity contribution is 0.0635. The normalized spacial score (nSPS) is 11.0. The molecule has 23 heavy (non-hydrogen) atoms. The fourth-order valence-corrected chi connectivity index (χ4v) is 2.06. The van der Waals surface area contributed by atoms with Gasteiger partial charge in [-0.15, -0.1) is 0 Å². The van der Waals surface area contributed by atoms with Gasteiger partial charge in [0.1, 0.15) is 5.60 Å². The first-order valence-corrected chi connectivity index (χ1v) is 7.46. The number of hydrogen-bond acceptors (Lipinski definition) is 3. The SMILES string of the molecule is CC(=O)c1ccc(-c2ccc(NC(=O)OC(C)(C)C)cc2)cc1. The van der Waals surface area contributed by atoms with E-state index in [0.29, 0.717) is 11.3 Å². The van der Waals surface area contributed by atoms with Gasteiger partial charge in [-0.3, -0.25) is 10.1 Å². The predicted molar refractivity (Wildman–Crippen MR) is 91.7 cm³/mol. The molecule has 0 saturated carbocycles. The molecule has 0 aromatic heterocycles. The highest BCUT2D eigenvalue weighted by molar-refractivity contribution is 5.94. The summed E-state index contributed by atoms with van der Waals surface area (Å²) in [5.41, 5.74) is 2.86. The van der Waals surface area contributed by atoms with Gasteiger partial charge in [0.2, 0.25) is 0 Å². The van der Waals surface area contributed by atoms with E-state index in [1.54, 1.807) is 6.92 Å². The van der Waals surface area contributed by atoms with E-state index in [1.165, 1.54) is 0 Å². The van der Waals surface area contributed by atoms with E-state index in [2.05, 4.69) is 5.32 Å². The molecule has 0 aliphatic rings. The maximum Gasteiger partial charge on any atom is 0.412 e. The van der Waals surface area contributed by atoms with Gasteiger partial charge in [-0.1, -0.05) is 36.4 Å². The first-order chi connectivity index (χ1) is 10.7. The molecular formula is C19H21NO3. The lowest BCUT2D eigenvalue weighted by atomic mass is 10.0. The number of ether oxygens (including phenoxy) is 1. The lowest BCUT2D eigenvalue weighted by Crippen LogP contribution is -2.27. The van der Waals surface area contributed by atoms with Crippen LogP contribution >= 0.6 is 0 Å². The van der Waals surface area contributed by atoms with Crippen molar-refractivity contribution in [2.45, 2.75) is 33.3 Å². The molecule has 2 rings (SSSR count). The highest BCUT2D eigenvalue weighted by atomic mass is 16.6. The summed E-state index contributed by atoms with van der Waals surface area (Å²) in [4.78, 5) is 23.0. The fraction of sp³-hybridized carbons (Fsp3) is 0.263. The van der Waals surface area contributed by atoms with E-state index in [1.807, 2.05) is 69.3 Å². The zero-order valence-electron chi connectivity index (χ0n) is 13.8. The number of nitrogens with one attached hydrogen (secondary N) is 1. The molecular weight excluding hydrogens is 290 g/mol. The maximum absolute atomic E-state index is 11.7. The minimum absolute atomic E-state index is 0.0495. The number of Topliss-reactive ketones (excluding diaryl/α,β-unsaturated/α-hetero) is 1. The van der Waals surface area contributed by atoms with Gasteiger partial charge in [0.15, 0.2) is 5.78 Å². The van der Waals surface area contributed by atoms with Gasteiger partial charge < -0.3 is 4.74 Å². The van der Waals surface area contributed by atoms with E-state index < -0.39 is 11.7 Å². The van der Waals surface area contributed by atoms with Gasteiger partial charge in [0.25, 0.3) is 0 Å². The van der Waals surface area contributed by atoms with Crippen molar-refractivity contribution in [2.24, 2.45) is 0 Å². The molecule has 0 aliphatic carbocycles. The smallest absolute Gasteiger partial charge is 0.412 e. The Morgan fingerprint density at radius 1 is 0.870 bits per heavy atom. The molecule has 0 unspecified atom stereocenters. The first kappa shape index (κ1) is 16.7. The van der Waals surface area contributed by atoms with Crippen molar-refractivity contribution in [2.75, 3.05) is 5.32 Å². The van der Waals surface area contributed by atoms with Gasteiger partial charge in [-0.05, 0) is 51.0 Å². The summed E-state index contributed by atoms with van der Waals surface area (Å²) < 4.78 is 5.21. The zero-order chi connectivity index (χ0) is 17.0. The number of benzene rings is 2. The van der Waals surface area contributed by atoms with Crippen molar-refractivity contribution in [1.82, 2.24) is 0 Å². The number of hydrogen-bond donors (Lipinski definition) is 1. The van der Waals surface area contributed by atoms with E-state index in [4.69, 9.17) is 4.74 Å². The van der Waals surface area contributed by atoms with Crippen LogP contribution in [0.3, 0.4) is 0 Å². The molecule has 0 aliphatic heterocycles. The van der Waals surface area contributed by atoms with E-state index in [9.17, 15) is 9.59 Å². The minimum atomic E-state index is -0.525. The Balaban J connectivity index is 2.07. The molecule has 120 valence electrons. The summed E-state index contributed by atoms with van der Waals surface area (Å²) in [7, 11) is 0. The van der Waals surface area contributed by atoms with E-state index in [0.717, 1.165) is 11.1 Å². The molecule has 2 aromatic rings. The second-order valence-electron chi connectivity index (χ2n) is 6.34. The maximum atomic E-state index is 11.7. The average Bonchev–Trinajstić information content (AvgIpc) is 2.46. The largest absolute Gasteiger partial charge is 0.444 e. The highest BCUT2D eigenvalue weighted by Gasteiger charge is 2.16. The molecule has 4 heteroatoms. The number of anilines is 1. The highest BCUT2D eigenvalue weighted by Crippen LogP contribution is 2.22. The number of rotatable bonds is 3. The molecule has 1 amide bonds. The third-order valence-corrected chi connectivity index (χ3v) is 3.15. The second-order valence-corrected chi connectivity index (χ2v) is 6.34. The topological polar surface area (TPSA) is 55.4 Å². The molecule has 0 atom stereocenters.